The Morgan fingerprint density at radius 3 is 2.46 bits per heavy atom. The number of rotatable bonds is 5. The molecule has 0 unspecified atom stereocenters. The molecule has 4 nitrogen and oxygen atoms in total. The van der Waals surface area contributed by atoms with Gasteiger partial charge in [-0.15, -0.1) is 35.3 Å². The Labute approximate surface area is 171 Å². The van der Waals surface area contributed by atoms with E-state index >= 15 is 0 Å². The number of alkyl halides is 3. The quantitative estimate of drug-likeness (QED) is 0.371. The summed E-state index contributed by atoms with van der Waals surface area (Å²) in [5.41, 5.74) is 0.578. The average molecular weight is 496 g/mol. The van der Waals surface area contributed by atoms with Gasteiger partial charge in [-0.2, -0.15) is 13.2 Å². The van der Waals surface area contributed by atoms with Crippen LogP contribution in [-0.4, -0.2) is 24.5 Å². The predicted octanol–water partition coefficient (Wildman–Crippen LogP) is 4.18. The van der Waals surface area contributed by atoms with Crippen molar-refractivity contribution < 1.29 is 13.2 Å². The first-order valence-electron chi connectivity index (χ1n) is 7.95. The number of benzene rings is 1. The third-order valence-corrected chi connectivity index (χ3v) is 5.16. The Hall–Kier alpha value is -1.36. The third-order valence-electron chi connectivity index (χ3n) is 4.31. The molecule has 0 saturated heterocycles. The van der Waals surface area contributed by atoms with Gasteiger partial charge >= 0.3 is 6.18 Å². The summed E-state index contributed by atoms with van der Waals surface area (Å²) in [5.74, 6) is 0.561. The molecule has 2 N–H and O–H groups in total. The molecule has 1 aromatic heterocycles. The molecule has 1 aliphatic carbocycles. The van der Waals surface area contributed by atoms with E-state index in [-0.39, 0.29) is 35.9 Å². The fourth-order valence-electron chi connectivity index (χ4n) is 2.67. The number of hydrogen-bond acceptors (Lipinski definition) is 3. The molecule has 1 aromatic carbocycles. The highest BCUT2D eigenvalue weighted by Gasteiger charge is 2.44. The van der Waals surface area contributed by atoms with Crippen molar-refractivity contribution >= 4 is 41.3 Å². The van der Waals surface area contributed by atoms with Crippen molar-refractivity contribution in [3.05, 3.63) is 52.0 Å². The number of thiazole rings is 1. The second-order valence-electron chi connectivity index (χ2n) is 6.05. The van der Waals surface area contributed by atoms with Crippen LogP contribution in [0.4, 0.5) is 13.2 Å². The highest BCUT2D eigenvalue weighted by Crippen LogP contribution is 2.47. The Morgan fingerprint density at radius 2 is 1.92 bits per heavy atom. The summed E-state index contributed by atoms with van der Waals surface area (Å²) in [6.45, 7) is 0.946. The maximum Gasteiger partial charge on any atom is 0.434 e. The monoisotopic (exact) mass is 496 g/mol. The molecule has 9 heteroatoms. The fraction of sp³-hybridized carbons (Fsp3) is 0.412. The van der Waals surface area contributed by atoms with Gasteiger partial charge < -0.3 is 10.6 Å². The highest BCUT2D eigenvalue weighted by molar-refractivity contribution is 14.0. The first-order valence-corrected chi connectivity index (χ1v) is 8.83. The summed E-state index contributed by atoms with van der Waals surface area (Å²) in [4.78, 5) is 7.74. The summed E-state index contributed by atoms with van der Waals surface area (Å²) >= 11 is 0.985. The van der Waals surface area contributed by atoms with Crippen LogP contribution in [0.1, 0.15) is 29.1 Å². The van der Waals surface area contributed by atoms with E-state index in [1.165, 1.54) is 5.56 Å². The van der Waals surface area contributed by atoms with E-state index in [9.17, 15) is 13.2 Å². The number of hydrogen-bond donors (Lipinski definition) is 2. The van der Waals surface area contributed by atoms with Crippen LogP contribution >= 0.6 is 35.3 Å². The minimum absolute atomic E-state index is 0. The Balaban J connectivity index is 0.00000243. The molecule has 0 aliphatic heterocycles. The van der Waals surface area contributed by atoms with E-state index in [0.717, 1.165) is 36.1 Å². The second-order valence-corrected chi connectivity index (χ2v) is 6.99. The van der Waals surface area contributed by atoms with Gasteiger partial charge in [0.25, 0.3) is 0 Å². The minimum Gasteiger partial charge on any atom is -0.356 e. The summed E-state index contributed by atoms with van der Waals surface area (Å²) in [5, 5.41) is 7.70. The molecule has 142 valence electrons. The zero-order valence-electron chi connectivity index (χ0n) is 14.1. The molecule has 0 radical (unpaired) electrons. The maximum atomic E-state index is 12.6. The number of nitrogens with one attached hydrogen (secondary N) is 2. The van der Waals surface area contributed by atoms with Crippen LogP contribution in [0.2, 0.25) is 0 Å². The van der Waals surface area contributed by atoms with E-state index in [1.807, 2.05) is 18.2 Å². The first-order chi connectivity index (χ1) is 11.9. The van der Waals surface area contributed by atoms with Crippen molar-refractivity contribution in [2.75, 3.05) is 13.6 Å². The van der Waals surface area contributed by atoms with Crippen LogP contribution in [-0.2, 0) is 18.1 Å². The van der Waals surface area contributed by atoms with Gasteiger partial charge in [-0.3, -0.25) is 4.99 Å². The van der Waals surface area contributed by atoms with E-state index < -0.39 is 11.9 Å². The standard InChI is InChI=1S/C17H19F3N4S.HI/c1-21-15(22-9-14-24-13(10-25-14)17(18,19)20)23-11-16(7-8-16)12-5-3-2-4-6-12;/h2-6,10H,7-9,11H2,1H3,(H2,21,22,23);1H. The fourth-order valence-corrected chi connectivity index (χ4v) is 3.41. The second kappa shape index (κ2) is 8.55. The Morgan fingerprint density at radius 1 is 1.23 bits per heavy atom. The number of guanidine groups is 1. The van der Waals surface area contributed by atoms with Crippen molar-refractivity contribution in [1.82, 2.24) is 15.6 Å². The van der Waals surface area contributed by atoms with Crippen LogP contribution < -0.4 is 10.6 Å². The van der Waals surface area contributed by atoms with Gasteiger partial charge in [0, 0.05) is 24.4 Å². The largest absolute Gasteiger partial charge is 0.434 e. The Kier molecular flexibility index (Phi) is 6.89. The van der Waals surface area contributed by atoms with Crippen molar-refractivity contribution in [3.63, 3.8) is 0 Å². The van der Waals surface area contributed by atoms with Crippen molar-refractivity contribution in [2.24, 2.45) is 4.99 Å². The third kappa shape index (κ3) is 5.09. The van der Waals surface area contributed by atoms with E-state index in [1.54, 1.807) is 7.05 Å². The molecular formula is C17H20F3IN4S. The zero-order valence-corrected chi connectivity index (χ0v) is 17.3. The molecular weight excluding hydrogens is 476 g/mol. The lowest BCUT2D eigenvalue weighted by Gasteiger charge is -2.18. The zero-order chi connectivity index (χ0) is 17.9. The minimum atomic E-state index is -4.40. The summed E-state index contributed by atoms with van der Waals surface area (Å²) < 4.78 is 37.7. The molecule has 1 saturated carbocycles. The van der Waals surface area contributed by atoms with Gasteiger partial charge in [-0.05, 0) is 18.4 Å². The maximum absolute atomic E-state index is 12.6. The van der Waals surface area contributed by atoms with Crippen LogP contribution in [0, 0.1) is 0 Å². The van der Waals surface area contributed by atoms with Crippen molar-refractivity contribution in [3.8, 4) is 0 Å². The lowest BCUT2D eigenvalue weighted by molar-refractivity contribution is -0.140. The number of aromatic nitrogens is 1. The molecule has 1 aliphatic rings. The molecule has 1 heterocycles. The molecule has 3 rings (SSSR count). The van der Waals surface area contributed by atoms with Crippen molar-refractivity contribution in [1.29, 1.82) is 0 Å². The van der Waals surface area contributed by atoms with Gasteiger partial charge in [-0.25, -0.2) is 4.98 Å². The SMILES string of the molecule is CN=C(NCc1nc(C(F)(F)F)cs1)NCC1(c2ccccc2)CC1.I. The van der Waals surface area contributed by atoms with Crippen LogP contribution in [0.15, 0.2) is 40.7 Å². The molecule has 0 amide bonds. The van der Waals surface area contributed by atoms with Gasteiger partial charge in [0.05, 0.1) is 6.54 Å². The van der Waals surface area contributed by atoms with Crippen molar-refractivity contribution in [2.45, 2.75) is 31.0 Å². The normalized spacial score (nSPS) is 15.9. The molecule has 1 fully saturated rings. The predicted molar refractivity (Wildman–Crippen MR) is 108 cm³/mol. The van der Waals surface area contributed by atoms with E-state index in [0.29, 0.717) is 11.0 Å². The molecule has 26 heavy (non-hydrogen) atoms. The topological polar surface area (TPSA) is 49.3 Å². The first kappa shape index (κ1) is 20.9. The molecule has 0 spiro atoms. The smallest absolute Gasteiger partial charge is 0.356 e. The summed E-state index contributed by atoms with van der Waals surface area (Å²) in [7, 11) is 1.64. The van der Waals surface area contributed by atoms with Crippen LogP contribution in [0.25, 0.3) is 0 Å². The lowest BCUT2D eigenvalue weighted by Crippen LogP contribution is -2.40. The molecule has 0 atom stereocenters. The average Bonchev–Trinajstić information content (AvgIpc) is 3.23. The molecule has 2 aromatic rings. The van der Waals surface area contributed by atoms with E-state index in [2.05, 4.69) is 32.7 Å². The Bertz CT molecular complexity index is 742. The van der Waals surface area contributed by atoms with E-state index in [4.69, 9.17) is 0 Å². The molecule has 0 bridgehead atoms. The van der Waals surface area contributed by atoms with Crippen LogP contribution in [0.3, 0.4) is 0 Å². The van der Waals surface area contributed by atoms with Gasteiger partial charge in [-0.1, -0.05) is 30.3 Å². The number of halogens is 4. The van der Waals surface area contributed by atoms with Gasteiger partial charge in [0.1, 0.15) is 5.01 Å². The summed E-state index contributed by atoms with van der Waals surface area (Å²) in [6.07, 6.45) is -2.17. The highest BCUT2D eigenvalue weighted by atomic mass is 127. The number of aliphatic imine (C=N–C) groups is 1. The number of nitrogens with zero attached hydrogens (tertiary/aromatic N) is 2. The lowest BCUT2D eigenvalue weighted by atomic mass is 9.96. The van der Waals surface area contributed by atoms with Gasteiger partial charge in [0.15, 0.2) is 11.7 Å². The summed E-state index contributed by atoms with van der Waals surface area (Å²) in [6, 6.07) is 10.3. The van der Waals surface area contributed by atoms with Gasteiger partial charge in [0.2, 0.25) is 0 Å². The van der Waals surface area contributed by atoms with Crippen LogP contribution in [0.5, 0.6) is 0 Å².